The second-order valence-corrected chi connectivity index (χ2v) is 8.17. The van der Waals surface area contributed by atoms with Crippen LogP contribution in [0.25, 0.3) is 0 Å². The first-order chi connectivity index (χ1) is 15.0. The Hall–Kier alpha value is -3.02. The van der Waals surface area contributed by atoms with E-state index in [2.05, 4.69) is 12.2 Å². The molecule has 1 saturated heterocycles. The molecule has 1 fully saturated rings. The van der Waals surface area contributed by atoms with E-state index >= 15 is 0 Å². The molecule has 1 aliphatic rings. The van der Waals surface area contributed by atoms with Crippen LogP contribution in [-0.4, -0.2) is 48.0 Å². The number of ether oxygens (including phenoxy) is 1. The van der Waals surface area contributed by atoms with Gasteiger partial charge in [-0.15, -0.1) is 0 Å². The standard InChI is InChI=1S/C25H33N3O3/c1-4-5-16-31-23-12-10-22(11-13-23)20(3)26-24(29)18-28-15-14-27(25(28)30)17-21-8-6-19(2)7-9-21/h6-13,20H,4-5,14-18H2,1-3H3,(H,26,29). The van der Waals surface area contributed by atoms with E-state index in [1.165, 1.54) is 5.56 Å². The molecule has 1 unspecified atom stereocenters. The van der Waals surface area contributed by atoms with E-state index in [0.717, 1.165) is 29.7 Å². The van der Waals surface area contributed by atoms with Crippen molar-refractivity contribution < 1.29 is 14.3 Å². The Morgan fingerprint density at radius 2 is 1.74 bits per heavy atom. The Morgan fingerprint density at radius 1 is 1.06 bits per heavy atom. The van der Waals surface area contributed by atoms with Crippen molar-refractivity contribution in [3.63, 3.8) is 0 Å². The molecule has 2 aromatic carbocycles. The fraction of sp³-hybridized carbons (Fsp3) is 0.440. The van der Waals surface area contributed by atoms with Gasteiger partial charge in [0.15, 0.2) is 0 Å². The van der Waals surface area contributed by atoms with Crippen LogP contribution in [0.3, 0.4) is 0 Å². The third kappa shape index (κ3) is 6.48. The summed E-state index contributed by atoms with van der Waals surface area (Å²) in [6.07, 6.45) is 2.14. The molecule has 0 bridgehead atoms. The molecule has 0 radical (unpaired) electrons. The number of hydrogen-bond donors (Lipinski definition) is 1. The molecule has 6 heteroatoms. The van der Waals surface area contributed by atoms with E-state index in [-0.39, 0.29) is 24.5 Å². The van der Waals surface area contributed by atoms with Crippen LogP contribution in [0.1, 0.15) is 49.4 Å². The van der Waals surface area contributed by atoms with Gasteiger partial charge in [-0.2, -0.15) is 0 Å². The van der Waals surface area contributed by atoms with Crippen LogP contribution < -0.4 is 10.1 Å². The molecule has 1 N–H and O–H groups in total. The molecule has 6 nitrogen and oxygen atoms in total. The molecule has 1 aliphatic heterocycles. The van der Waals surface area contributed by atoms with E-state index in [0.29, 0.717) is 26.2 Å². The van der Waals surface area contributed by atoms with Gasteiger partial charge in [-0.05, 0) is 43.5 Å². The summed E-state index contributed by atoms with van der Waals surface area (Å²) in [7, 11) is 0. The minimum absolute atomic E-state index is 0.0752. The second kappa shape index (κ2) is 10.8. The van der Waals surface area contributed by atoms with Crippen molar-refractivity contribution in [2.75, 3.05) is 26.2 Å². The third-order valence-electron chi connectivity index (χ3n) is 5.53. The number of nitrogens with zero attached hydrogens (tertiary/aromatic N) is 2. The molecule has 0 saturated carbocycles. The number of urea groups is 1. The third-order valence-corrected chi connectivity index (χ3v) is 5.53. The summed E-state index contributed by atoms with van der Waals surface area (Å²) >= 11 is 0. The minimum atomic E-state index is -0.152. The lowest BCUT2D eigenvalue weighted by molar-refractivity contribution is -0.122. The van der Waals surface area contributed by atoms with Crippen LogP contribution in [0.5, 0.6) is 5.75 Å². The molecule has 2 aromatic rings. The number of carbonyl (C=O) groups is 2. The molecule has 31 heavy (non-hydrogen) atoms. The van der Waals surface area contributed by atoms with E-state index in [1.807, 2.05) is 62.4 Å². The normalized spacial score (nSPS) is 14.6. The Kier molecular flexibility index (Phi) is 7.93. The average Bonchev–Trinajstić information content (AvgIpc) is 3.09. The number of aryl methyl sites for hydroxylation is 1. The summed E-state index contributed by atoms with van der Waals surface area (Å²) in [4.78, 5) is 28.6. The van der Waals surface area contributed by atoms with E-state index in [9.17, 15) is 9.59 Å². The largest absolute Gasteiger partial charge is 0.494 e. The van der Waals surface area contributed by atoms with Gasteiger partial charge in [0.05, 0.1) is 12.6 Å². The van der Waals surface area contributed by atoms with Crippen LogP contribution in [0.15, 0.2) is 48.5 Å². The molecule has 166 valence electrons. The Labute approximate surface area is 185 Å². The number of rotatable bonds is 10. The predicted molar refractivity (Wildman–Crippen MR) is 122 cm³/mol. The first-order valence-corrected chi connectivity index (χ1v) is 11.1. The maximum Gasteiger partial charge on any atom is 0.320 e. The molecular weight excluding hydrogens is 390 g/mol. The second-order valence-electron chi connectivity index (χ2n) is 8.17. The van der Waals surface area contributed by atoms with Gasteiger partial charge in [-0.1, -0.05) is 55.3 Å². The molecule has 1 atom stereocenters. The minimum Gasteiger partial charge on any atom is -0.494 e. The van der Waals surface area contributed by atoms with E-state index in [1.54, 1.807) is 9.80 Å². The predicted octanol–water partition coefficient (Wildman–Crippen LogP) is 4.29. The number of amides is 3. The summed E-state index contributed by atoms with van der Waals surface area (Å²) in [5.41, 5.74) is 3.30. The zero-order valence-electron chi connectivity index (χ0n) is 18.8. The zero-order chi connectivity index (χ0) is 22.2. The monoisotopic (exact) mass is 423 g/mol. The molecule has 3 rings (SSSR count). The SMILES string of the molecule is CCCCOc1ccc(C(C)NC(=O)CN2CCN(Cc3ccc(C)cc3)C2=O)cc1. The Bertz CT molecular complexity index is 865. The van der Waals surface area contributed by atoms with Crippen molar-refractivity contribution >= 4 is 11.9 Å². The molecular formula is C25H33N3O3. The summed E-state index contributed by atoms with van der Waals surface area (Å²) in [5, 5.41) is 2.99. The highest BCUT2D eigenvalue weighted by molar-refractivity contribution is 5.85. The van der Waals surface area contributed by atoms with Crippen LogP contribution in [0.4, 0.5) is 4.79 Å². The molecule has 1 heterocycles. The van der Waals surface area contributed by atoms with Gasteiger partial charge in [0.1, 0.15) is 12.3 Å². The zero-order valence-corrected chi connectivity index (χ0v) is 18.8. The molecule has 3 amide bonds. The van der Waals surface area contributed by atoms with E-state index < -0.39 is 0 Å². The first-order valence-electron chi connectivity index (χ1n) is 11.1. The van der Waals surface area contributed by atoms with Crippen molar-refractivity contribution in [3.05, 3.63) is 65.2 Å². The smallest absolute Gasteiger partial charge is 0.320 e. The van der Waals surface area contributed by atoms with Gasteiger partial charge < -0.3 is 19.9 Å². The molecule has 0 aliphatic carbocycles. The van der Waals surface area contributed by atoms with Gasteiger partial charge in [0.2, 0.25) is 5.91 Å². The first kappa shape index (κ1) is 22.7. The van der Waals surface area contributed by atoms with Crippen LogP contribution in [-0.2, 0) is 11.3 Å². The van der Waals surface area contributed by atoms with Gasteiger partial charge in [-0.25, -0.2) is 4.79 Å². The lowest BCUT2D eigenvalue weighted by Gasteiger charge is -2.20. The summed E-state index contributed by atoms with van der Waals surface area (Å²) in [5.74, 6) is 0.688. The maximum atomic E-state index is 12.7. The van der Waals surface area contributed by atoms with Gasteiger partial charge >= 0.3 is 6.03 Å². The fourth-order valence-electron chi connectivity index (χ4n) is 3.57. The van der Waals surface area contributed by atoms with Gasteiger partial charge in [0, 0.05) is 19.6 Å². The number of nitrogens with one attached hydrogen (secondary N) is 1. The lowest BCUT2D eigenvalue weighted by Crippen LogP contribution is -2.40. The molecule has 0 spiro atoms. The fourth-order valence-corrected chi connectivity index (χ4v) is 3.57. The summed E-state index contributed by atoms with van der Waals surface area (Å²) in [6, 6.07) is 15.8. The van der Waals surface area contributed by atoms with Gasteiger partial charge in [0.25, 0.3) is 0 Å². The number of carbonyl (C=O) groups excluding carboxylic acids is 2. The van der Waals surface area contributed by atoms with E-state index in [4.69, 9.17) is 4.74 Å². The average molecular weight is 424 g/mol. The highest BCUT2D eigenvalue weighted by Gasteiger charge is 2.30. The van der Waals surface area contributed by atoms with Crippen molar-refractivity contribution in [2.24, 2.45) is 0 Å². The van der Waals surface area contributed by atoms with Crippen molar-refractivity contribution in [2.45, 2.75) is 46.2 Å². The van der Waals surface area contributed by atoms with Crippen molar-refractivity contribution in [3.8, 4) is 5.75 Å². The maximum absolute atomic E-state index is 12.7. The highest BCUT2D eigenvalue weighted by atomic mass is 16.5. The highest BCUT2D eigenvalue weighted by Crippen LogP contribution is 2.18. The number of hydrogen-bond acceptors (Lipinski definition) is 3. The number of benzene rings is 2. The summed E-state index contributed by atoms with van der Waals surface area (Å²) in [6.45, 7) is 8.68. The topological polar surface area (TPSA) is 61.9 Å². The quantitative estimate of drug-likeness (QED) is 0.580. The van der Waals surface area contributed by atoms with Crippen LogP contribution in [0, 0.1) is 6.92 Å². The Balaban J connectivity index is 1.46. The number of unbranched alkanes of at least 4 members (excludes halogenated alkanes) is 1. The van der Waals surface area contributed by atoms with Crippen LogP contribution >= 0.6 is 0 Å². The lowest BCUT2D eigenvalue weighted by atomic mass is 10.1. The van der Waals surface area contributed by atoms with Crippen LogP contribution in [0.2, 0.25) is 0 Å². The summed E-state index contributed by atoms with van der Waals surface area (Å²) < 4.78 is 5.68. The Morgan fingerprint density at radius 3 is 2.42 bits per heavy atom. The van der Waals surface area contributed by atoms with Crippen molar-refractivity contribution in [1.82, 2.24) is 15.1 Å². The van der Waals surface area contributed by atoms with Gasteiger partial charge in [-0.3, -0.25) is 4.79 Å². The molecule has 0 aromatic heterocycles. The van der Waals surface area contributed by atoms with Crippen molar-refractivity contribution in [1.29, 1.82) is 0 Å².